The molecular weight excluding hydrogens is 226 g/mol. The fourth-order valence-electron chi connectivity index (χ4n) is 2.45. The van der Waals surface area contributed by atoms with E-state index < -0.39 is 11.5 Å². The van der Waals surface area contributed by atoms with E-state index in [0.29, 0.717) is 17.3 Å². The first kappa shape index (κ1) is 17.2. The molecule has 0 bridgehead atoms. The van der Waals surface area contributed by atoms with Crippen LogP contribution in [0.25, 0.3) is 0 Å². The van der Waals surface area contributed by atoms with Crippen LogP contribution in [0.1, 0.15) is 52.9 Å². The van der Waals surface area contributed by atoms with E-state index in [9.17, 15) is 9.90 Å². The predicted molar refractivity (Wildman–Crippen MR) is 73.9 cm³/mol. The van der Waals surface area contributed by atoms with Crippen molar-refractivity contribution in [2.24, 2.45) is 0 Å². The van der Waals surface area contributed by atoms with Gasteiger partial charge in [0, 0.05) is 12.8 Å². The number of rotatable bonds is 9. The second-order valence-electron chi connectivity index (χ2n) is 5.90. The van der Waals surface area contributed by atoms with Crippen LogP contribution in [0.3, 0.4) is 0 Å². The number of hydrogen-bond donors (Lipinski definition) is 0. The van der Waals surface area contributed by atoms with Gasteiger partial charge in [-0.3, -0.25) is 0 Å². The molecule has 3 nitrogen and oxygen atoms in total. The van der Waals surface area contributed by atoms with Crippen LogP contribution in [-0.4, -0.2) is 36.1 Å². The van der Waals surface area contributed by atoms with Gasteiger partial charge in [0.15, 0.2) is 0 Å². The Morgan fingerprint density at radius 2 is 1.94 bits per heavy atom. The zero-order chi connectivity index (χ0) is 14.4. The Morgan fingerprint density at radius 3 is 2.28 bits per heavy atom. The summed E-state index contributed by atoms with van der Waals surface area (Å²) in [5, 5.41) is 11.8. The molecular formula is C15H29NO2. The third-order valence-electron chi connectivity index (χ3n) is 4.45. The minimum atomic E-state index is -0.947. The van der Waals surface area contributed by atoms with Crippen LogP contribution in [-0.2, 0) is 4.79 Å². The first-order valence-corrected chi connectivity index (χ1v) is 6.92. The summed E-state index contributed by atoms with van der Waals surface area (Å²) in [5.74, 6) is -0.947. The van der Waals surface area contributed by atoms with E-state index in [2.05, 4.69) is 27.4 Å². The largest absolute Gasteiger partial charge is 0.544 e. The van der Waals surface area contributed by atoms with Crippen LogP contribution >= 0.6 is 0 Å². The molecule has 0 aliphatic rings. The van der Waals surface area contributed by atoms with E-state index in [0.717, 1.165) is 19.3 Å². The van der Waals surface area contributed by atoms with E-state index in [1.807, 2.05) is 14.1 Å². The molecule has 0 aromatic rings. The summed E-state index contributed by atoms with van der Waals surface area (Å²) in [5.41, 5.74) is -0.856. The Balaban J connectivity index is 5.33. The zero-order valence-corrected chi connectivity index (χ0v) is 12.7. The van der Waals surface area contributed by atoms with Crippen molar-refractivity contribution in [3.8, 4) is 0 Å². The van der Waals surface area contributed by atoms with E-state index in [1.54, 1.807) is 6.08 Å². The number of quaternary nitrogens is 1. The van der Waals surface area contributed by atoms with E-state index in [-0.39, 0.29) is 6.04 Å². The summed E-state index contributed by atoms with van der Waals surface area (Å²) in [6.45, 7) is 9.96. The highest BCUT2D eigenvalue weighted by atomic mass is 16.4. The third-order valence-corrected chi connectivity index (χ3v) is 4.45. The summed E-state index contributed by atoms with van der Waals surface area (Å²) in [7, 11) is 3.96. The number of carbonyl (C=O) groups excluding carboxylic acids is 1. The summed E-state index contributed by atoms with van der Waals surface area (Å²) in [6.07, 6.45) is 5.90. The molecule has 0 N–H and O–H groups in total. The molecule has 18 heavy (non-hydrogen) atoms. The fourth-order valence-corrected chi connectivity index (χ4v) is 2.45. The van der Waals surface area contributed by atoms with Gasteiger partial charge in [-0.2, -0.15) is 0 Å². The van der Waals surface area contributed by atoms with Gasteiger partial charge in [-0.1, -0.05) is 25.8 Å². The summed E-state index contributed by atoms with van der Waals surface area (Å²) in [6, 6.07) is 0.226. The normalized spacial score (nSPS) is 15.4. The number of likely N-dealkylation sites (N-methyl/N-ethyl adjacent to an activating group) is 1. The lowest BCUT2D eigenvalue weighted by molar-refractivity contribution is -0.953. The molecule has 0 aromatic heterocycles. The maximum atomic E-state index is 11.8. The summed E-state index contributed by atoms with van der Waals surface area (Å²) < 4.78 is 0.436. The van der Waals surface area contributed by atoms with Crippen molar-refractivity contribution < 1.29 is 14.4 Å². The smallest absolute Gasteiger partial charge is 0.142 e. The number of carboxylic acid groups (broad SMARTS) is 1. The molecule has 0 fully saturated rings. The lowest BCUT2D eigenvalue weighted by Crippen LogP contribution is -2.70. The second kappa shape index (κ2) is 6.93. The van der Waals surface area contributed by atoms with Gasteiger partial charge in [-0.25, -0.2) is 0 Å². The molecule has 0 saturated heterocycles. The van der Waals surface area contributed by atoms with Crippen LogP contribution in [0, 0.1) is 0 Å². The van der Waals surface area contributed by atoms with Gasteiger partial charge in [-0.05, 0) is 20.3 Å². The highest BCUT2D eigenvalue weighted by Gasteiger charge is 2.47. The highest BCUT2D eigenvalue weighted by Crippen LogP contribution is 2.33. The Morgan fingerprint density at radius 1 is 1.39 bits per heavy atom. The maximum Gasteiger partial charge on any atom is 0.142 e. The van der Waals surface area contributed by atoms with E-state index >= 15 is 0 Å². The molecule has 0 spiro atoms. The SMILES string of the molecule is C=CCC(CCCCC)(C(=O)[O-])[N+](C)(C)C(C)C. The molecule has 3 heteroatoms. The number of carboxylic acids is 1. The lowest BCUT2D eigenvalue weighted by atomic mass is 9.84. The van der Waals surface area contributed by atoms with Gasteiger partial charge in [0.2, 0.25) is 0 Å². The molecule has 0 saturated carbocycles. The Bertz CT molecular complexity index is 284. The average molecular weight is 255 g/mol. The van der Waals surface area contributed by atoms with Crippen molar-refractivity contribution in [3.63, 3.8) is 0 Å². The van der Waals surface area contributed by atoms with Crippen molar-refractivity contribution >= 4 is 5.97 Å². The molecule has 0 aromatic carbocycles. The number of nitrogens with zero attached hydrogens (tertiary/aromatic N) is 1. The van der Waals surface area contributed by atoms with Crippen molar-refractivity contribution in [2.45, 2.75) is 64.5 Å². The average Bonchev–Trinajstić information content (AvgIpc) is 2.27. The molecule has 106 valence electrons. The monoisotopic (exact) mass is 255 g/mol. The summed E-state index contributed by atoms with van der Waals surface area (Å²) in [4.78, 5) is 11.8. The Kier molecular flexibility index (Phi) is 6.61. The van der Waals surface area contributed by atoms with Gasteiger partial charge < -0.3 is 14.4 Å². The van der Waals surface area contributed by atoms with Crippen LogP contribution < -0.4 is 5.11 Å². The van der Waals surface area contributed by atoms with Crippen molar-refractivity contribution in [2.75, 3.05) is 14.1 Å². The first-order valence-electron chi connectivity index (χ1n) is 6.92. The van der Waals surface area contributed by atoms with Crippen LogP contribution in [0.2, 0.25) is 0 Å². The van der Waals surface area contributed by atoms with Gasteiger partial charge in [-0.15, -0.1) is 6.58 Å². The van der Waals surface area contributed by atoms with Crippen molar-refractivity contribution in [1.82, 2.24) is 0 Å². The second-order valence-corrected chi connectivity index (χ2v) is 5.90. The number of unbranched alkanes of at least 4 members (excludes halogenated alkanes) is 2. The number of carbonyl (C=O) groups is 1. The molecule has 0 rings (SSSR count). The van der Waals surface area contributed by atoms with Gasteiger partial charge in [0.1, 0.15) is 11.5 Å². The van der Waals surface area contributed by atoms with Gasteiger partial charge in [0.05, 0.1) is 20.1 Å². The predicted octanol–water partition coefficient (Wildman–Crippen LogP) is 2.12. The molecule has 0 aliphatic heterocycles. The van der Waals surface area contributed by atoms with Crippen molar-refractivity contribution in [1.29, 1.82) is 0 Å². The molecule has 0 aliphatic carbocycles. The maximum absolute atomic E-state index is 11.8. The summed E-state index contributed by atoms with van der Waals surface area (Å²) >= 11 is 0. The fraction of sp³-hybridized carbons (Fsp3) is 0.800. The Labute approximate surface area is 112 Å². The third kappa shape index (κ3) is 3.35. The van der Waals surface area contributed by atoms with Crippen LogP contribution in [0.4, 0.5) is 0 Å². The number of aliphatic carboxylic acids is 1. The van der Waals surface area contributed by atoms with Crippen LogP contribution in [0.15, 0.2) is 12.7 Å². The quantitative estimate of drug-likeness (QED) is 0.360. The Hall–Kier alpha value is -0.830. The van der Waals surface area contributed by atoms with Crippen molar-refractivity contribution in [3.05, 3.63) is 12.7 Å². The molecule has 0 radical (unpaired) electrons. The number of hydrogen-bond acceptors (Lipinski definition) is 2. The van der Waals surface area contributed by atoms with Crippen LogP contribution in [0.5, 0.6) is 0 Å². The molecule has 1 atom stereocenters. The molecule has 0 amide bonds. The topological polar surface area (TPSA) is 40.1 Å². The standard InChI is InChI=1S/C15H29NO2/c1-7-9-10-12-15(11-8-2,14(17)18)16(5,6)13(3)4/h8,13H,2,7,9-12H2,1,3-6H3. The highest BCUT2D eigenvalue weighted by molar-refractivity contribution is 5.75. The zero-order valence-electron chi connectivity index (χ0n) is 12.7. The molecule has 1 unspecified atom stereocenters. The minimum absolute atomic E-state index is 0.226. The van der Waals surface area contributed by atoms with E-state index in [4.69, 9.17) is 0 Å². The first-order chi connectivity index (χ1) is 8.26. The molecule has 0 heterocycles. The minimum Gasteiger partial charge on any atom is -0.544 e. The lowest BCUT2D eigenvalue weighted by Gasteiger charge is -2.52. The van der Waals surface area contributed by atoms with Gasteiger partial charge in [0.25, 0.3) is 0 Å². The van der Waals surface area contributed by atoms with E-state index in [1.165, 1.54) is 0 Å². The van der Waals surface area contributed by atoms with Gasteiger partial charge >= 0.3 is 0 Å².